The van der Waals surface area contributed by atoms with Gasteiger partial charge in [0.2, 0.25) is 0 Å². The third kappa shape index (κ3) is 4.05. The molecule has 0 radical (unpaired) electrons. The summed E-state index contributed by atoms with van der Waals surface area (Å²) in [5.41, 5.74) is 4.17. The molecule has 4 heterocycles. The number of pyridine rings is 1. The molecule has 3 atom stereocenters. The van der Waals surface area contributed by atoms with Crippen molar-refractivity contribution in [2.75, 3.05) is 18.1 Å². The number of benzene rings is 2. The predicted molar refractivity (Wildman–Crippen MR) is 139 cm³/mol. The number of anilines is 1. The van der Waals surface area contributed by atoms with Gasteiger partial charge in [0.1, 0.15) is 5.82 Å². The number of ether oxygens (including phenoxy) is 1. The number of rotatable bonds is 6. The van der Waals surface area contributed by atoms with Crippen LogP contribution >= 0.6 is 0 Å². The van der Waals surface area contributed by atoms with Gasteiger partial charge in [-0.15, -0.1) is 0 Å². The number of H-pyrrole nitrogens is 1. The van der Waals surface area contributed by atoms with Crippen molar-refractivity contribution >= 4 is 22.5 Å². The molecule has 2 aromatic carbocycles. The van der Waals surface area contributed by atoms with Gasteiger partial charge in [-0.05, 0) is 61.9 Å². The minimum Gasteiger partial charge on any atom is -0.377 e. The zero-order chi connectivity index (χ0) is 24.9. The number of carbonyl (C=O) groups excluding carboxylic acids is 1. The zero-order valence-corrected chi connectivity index (χ0v) is 20.4. The molecule has 0 spiro atoms. The summed E-state index contributed by atoms with van der Waals surface area (Å²) in [6.07, 6.45) is 6.09. The highest BCUT2D eigenvalue weighted by Gasteiger charge is 2.37. The first kappa shape index (κ1) is 22.4. The molecule has 2 aromatic heterocycles. The Balaban J connectivity index is 1.18. The third-order valence-electron chi connectivity index (χ3n) is 7.96. The van der Waals surface area contributed by atoms with E-state index in [1.54, 1.807) is 12.3 Å². The van der Waals surface area contributed by atoms with Crippen LogP contribution in [-0.2, 0) is 4.74 Å². The number of nitrogens with one attached hydrogen (secondary N) is 2. The van der Waals surface area contributed by atoms with E-state index in [9.17, 15) is 4.79 Å². The first-order valence-corrected chi connectivity index (χ1v) is 13.0. The van der Waals surface area contributed by atoms with Crippen molar-refractivity contribution in [3.63, 3.8) is 0 Å². The number of morpholine rings is 1. The summed E-state index contributed by atoms with van der Waals surface area (Å²) >= 11 is 0. The molecule has 1 aliphatic carbocycles. The quantitative estimate of drug-likeness (QED) is 0.391. The molecule has 3 fully saturated rings. The third-order valence-corrected chi connectivity index (χ3v) is 7.96. The van der Waals surface area contributed by atoms with Crippen molar-refractivity contribution in [1.29, 1.82) is 0 Å². The number of hydrogen-bond donors (Lipinski definition) is 2. The van der Waals surface area contributed by atoms with E-state index in [1.165, 1.54) is 11.8 Å². The highest BCUT2D eigenvalue weighted by atomic mass is 19.1. The Morgan fingerprint density at radius 1 is 1.05 bits per heavy atom. The number of halogens is 1. The average molecular weight is 498 g/mol. The Bertz CT molecular complexity index is 1430. The van der Waals surface area contributed by atoms with E-state index >= 15 is 4.39 Å². The number of aromatic amines is 1. The van der Waals surface area contributed by atoms with Crippen molar-refractivity contribution in [3.05, 3.63) is 77.9 Å². The molecule has 4 aromatic rings. The van der Waals surface area contributed by atoms with Crippen LogP contribution in [0.4, 0.5) is 10.1 Å². The number of aromatic nitrogens is 3. The predicted octanol–water partition coefficient (Wildman–Crippen LogP) is 5.01. The molecular weight excluding hydrogens is 469 g/mol. The topological polar surface area (TPSA) is 83.1 Å². The van der Waals surface area contributed by atoms with Crippen molar-refractivity contribution in [1.82, 2.24) is 20.5 Å². The molecular formula is C29H28FN5O2. The molecule has 1 saturated carbocycles. The molecule has 2 aliphatic heterocycles. The van der Waals surface area contributed by atoms with Crippen LogP contribution in [0.15, 0.2) is 60.8 Å². The number of hydrogen-bond acceptors (Lipinski definition) is 5. The van der Waals surface area contributed by atoms with E-state index in [1.807, 2.05) is 30.3 Å². The van der Waals surface area contributed by atoms with Crippen molar-refractivity contribution in [2.45, 2.75) is 43.8 Å². The van der Waals surface area contributed by atoms with Crippen LogP contribution in [0.1, 0.15) is 47.8 Å². The fourth-order valence-electron chi connectivity index (χ4n) is 5.92. The number of carbonyl (C=O) groups is 1. The maximum atomic E-state index is 15.0. The SMILES string of the molecule is O=C(N[C@H](c1ccccn1)C1CC1)c1cc2c(-c3ccc(N4[C@@H]5CC[C@H]4COC5)cc3)n[nH]c2cc1F. The molecule has 37 heavy (non-hydrogen) atoms. The Hall–Kier alpha value is -3.78. The first-order valence-electron chi connectivity index (χ1n) is 13.0. The Labute approximate surface area is 214 Å². The molecule has 7 rings (SSSR count). The van der Waals surface area contributed by atoms with Crippen molar-refractivity contribution < 1.29 is 13.9 Å². The molecule has 188 valence electrons. The van der Waals surface area contributed by atoms with Gasteiger partial charge in [-0.2, -0.15) is 5.10 Å². The van der Waals surface area contributed by atoms with Gasteiger partial charge in [0.15, 0.2) is 0 Å². The van der Waals surface area contributed by atoms with Gasteiger partial charge >= 0.3 is 0 Å². The Morgan fingerprint density at radius 3 is 2.54 bits per heavy atom. The minimum atomic E-state index is -0.575. The van der Waals surface area contributed by atoms with Crippen LogP contribution in [-0.4, -0.2) is 46.4 Å². The second-order valence-corrected chi connectivity index (χ2v) is 10.4. The maximum absolute atomic E-state index is 15.0. The van der Waals surface area contributed by atoms with Gasteiger partial charge in [0.05, 0.1) is 53.8 Å². The van der Waals surface area contributed by atoms with Crippen LogP contribution in [0, 0.1) is 11.7 Å². The van der Waals surface area contributed by atoms with E-state index in [-0.39, 0.29) is 11.6 Å². The Kier molecular flexibility index (Phi) is 5.43. The molecule has 0 unspecified atom stereocenters. The molecule has 8 heteroatoms. The van der Waals surface area contributed by atoms with E-state index in [0.717, 1.165) is 50.2 Å². The van der Waals surface area contributed by atoms with Gasteiger partial charge in [0, 0.05) is 28.9 Å². The van der Waals surface area contributed by atoms with Gasteiger partial charge < -0.3 is 15.0 Å². The van der Waals surface area contributed by atoms with Crippen LogP contribution in [0.25, 0.3) is 22.2 Å². The summed E-state index contributed by atoms with van der Waals surface area (Å²) in [6.45, 7) is 1.56. The molecule has 1 amide bonds. The largest absolute Gasteiger partial charge is 0.377 e. The standard InChI is InChI=1S/C29H28FN5O2/c30-24-14-26-23(13-22(24)29(36)32-28(18-4-5-18)25-3-1-2-12-31-25)27(34-33-26)17-6-8-19(9-7-17)35-20-10-11-21(35)16-37-15-20/h1-3,6-9,12-14,18,20-21,28H,4-5,10-11,15-16H2,(H,32,36)(H,33,34)/t20-,21+,28-/m0/s1. The van der Waals surface area contributed by atoms with Crippen LogP contribution in [0.2, 0.25) is 0 Å². The highest BCUT2D eigenvalue weighted by Crippen LogP contribution is 2.41. The normalized spacial score (nSPS) is 21.8. The van der Waals surface area contributed by atoms with Crippen LogP contribution < -0.4 is 10.2 Å². The smallest absolute Gasteiger partial charge is 0.254 e. The summed E-state index contributed by atoms with van der Waals surface area (Å²) in [6, 6.07) is 17.6. The molecule has 2 saturated heterocycles. The van der Waals surface area contributed by atoms with Crippen LogP contribution in [0.3, 0.4) is 0 Å². The number of nitrogens with zero attached hydrogens (tertiary/aromatic N) is 3. The summed E-state index contributed by atoms with van der Waals surface area (Å²) < 4.78 is 20.8. The first-order chi connectivity index (χ1) is 18.2. The number of amides is 1. The Morgan fingerprint density at radius 2 is 1.84 bits per heavy atom. The number of fused-ring (bicyclic) bond motifs is 3. The second-order valence-electron chi connectivity index (χ2n) is 10.4. The van der Waals surface area contributed by atoms with Gasteiger partial charge in [0.25, 0.3) is 5.91 Å². The minimum absolute atomic E-state index is 0.0123. The average Bonchev–Trinajstić information content (AvgIpc) is 3.64. The monoisotopic (exact) mass is 497 g/mol. The lowest BCUT2D eigenvalue weighted by Crippen LogP contribution is -2.45. The summed E-state index contributed by atoms with van der Waals surface area (Å²) in [4.78, 5) is 20.2. The molecule has 2 bridgehead atoms. The van der Waals surface area contributed by atoms with E-state index in [4.69, 9.17) is 4.74 Å². The van der Waals surface area contributed by atoms with Crippen molar-refractivity contribution in [2.24, 2.45) is 5.92 Å². The fraction of sp³-hybridized carbons (Fsp3) is 0.345. The zero-order valence-electron chi connectivity index (χ0n) is 20.4. The van der Waals surface area contributed by atoms with Gasteiger partial charge in [-0.3, -0.25) is 14.9 Å². The summed E-state index contributed by atoms with van der Waals surface area (Å²) in [5, 5.41) is 11.2. The lowest BCUT2D eigenvalue weighted by Gasteiger charge is -2.36. The maximum Gasteiger partial charge on any atom is 0.254 e. The fourth-order valence-corrected chi connectivity index (χ4v) is 5.92. The lowest BCUT2D eigenvalue weighted by molar-refractivity contribution is 0.0906. The summed E-state index contributed by atoms with van der Waals surface area (Å²) in [5.74, 6) is -0.684. The highest BCUT2D eigenvalue weighted by molar-refractivity contribution is 6.02. The van der Waals surface area contributed by atoms with Crippen molar-refractivity contribution in [3.8, 4) is 11.3 Å². The second kappa shape index (κ2) is 8.95. The van der Waals surface area contributed by atoms with Gasteiger partial charge in [-0.25, -0.2) is 4.39 Å². The summed E-state index contributed by atoms with van der Waals surface area (Å²) in [7, 11) is 0. The van der Waals surface area contributed by atoms with E-state index < -0.39 is 11.7 Å². The van der Waals surface area contributed by atoms with E-state index in [2.05, 4.69) is 37.5 Å². The van der Waals surface area contributed by atoms with Gasteiger partial charge in [-0.1, -0.05) is 18.2 Å². The molecule has 2 N–H and O–H groups in total. The van der Waals surface area contributed by atoms with Crippen LogP contribution in [0.5, 0.6) is 0 Å². The molecule has 7 nitrogen and oxygen atoms in total. The molecule has 3 aliphatic rings. The lowest BCUT2D eigenvalue weighted by atomic mass is 10.0. The van der Waals surface area contributed by atoms with E-state index in [0.29, 0.717) is 34.6 Å².